The highest BCUT2D eigenvalue weighted by atomic mass is 32.2. The fourth-order valence-electron chi connectivity index (χ4n) is 1.84. The zero-order chi connectivity index (χ0) is 13.4. The van der Waals surface area contributed by atoms with Crippen molar-refractivity contribution in [3.63, 3.8) is 0 Å². The quantitative estimate of drug-likeness (QED) is 0.551. The van der Waals surface area contributed by atoms with Gasteiger partial charge in [0.1, 0.15) is 0 Å². The summed E-state index contributed by atoms with van der Waals surface area (Å²) >= 11 is 0. The molecule has 7 nitrogen and oxygen atoms in total. The first-order valence-electron chi connectivity index (χ1n) is 6.15. The molecule has 0 amide bonds. The van der Waals surface area contributed by atoms with Crippen molar-refractivity contribution in [3.05, 3.63) is 0 Å². The van der Waals surface area contributed by atoms with Crippen LogP contribution in [0.2, 0.25) is 0 Å². The molecule has 0 spiro atoms. The van der Waals surface area contributed by atoms with Crippen molar-refractivity contribution in [1.29, 1.82) is 0 Å². The summed E-state index contributed by atoms with van der Waals surface area (Å²) in [4.78, 5) is 0. The maximum Gasteiger partial charge on any atom is 0.279 e. The summed E-state index contributed by atoms with van der Waals surface area (Å²) in [6, 6.07) is 0. The van der Waals surface area contributed by atoms with Crippen molar-refractivity contribution >= 4 is 10.2 Å². The maximum atomic E-state index is 11.9. The average Bonchev–Trinajstić information content (AvgIpc) is 2.37. The largest absolute Gasteiger partial charge is 0.383 e. The molecular weight excluding hydrogens is 258 g/mol. The van der Waals surface area contributed by atoms with E-state index in [1.165, 1.54) is 11.4 Å². The van der Waals surface area contributed by atoms with E-state index < -0.39 is 10.2 Å². The second-order valence-electron chi connectivity index (χ2n) is 4.15. The Balaban J connectivity index is 2.32. The number of hydrogen-bond acceptors (Lipinski definition) is 5. The Kier molecular flexibility index (Phi) is 7.05. The normalized spacial score (nSPS) is 19.2. The molecule has 0 aromatic heterocycles. The molecule has 8 heteroatoms. The summed E-state index contributed by atoms with van der Waals surface area (Å²) in [5, 5.41) is 0. The van der Waals surface area contributed by atoms with Crippen LogP contribution < -0.4 is 10.5 Å². The van der Waals surface area contributed by atoms with Crippen LogP contribution in [-0.4, -0.2) is 65.3 Å². The second-order valence-corrected chi connectivity index (χ2v) is 5.91. The van der Waals surface area contributed by atoms with Crippen LogP contribution in [0.4, 0.5) is 0 Å². The van der Waals surface area contributed by atoms with E-state index >= 15 is 0 Å². The second kappa shape index (κ2) is 8.03. The number of ether oxygens (including phenoxy) is 2. The van der Waals surface area contributed by atoms with Crippen molar-refractivity contribution in [3.8, 4) is 0 Å². The predicted octanol–water partition coefficient (Wildman–Crippen LogP) is -1.09. The number of piperidine rings is 1. The number of rotatable bonds is 8. The van der Waals surface area contributed by atoms with Crippen LogP contribution in [0.15, 0.2) is 0 Å². The molecule has 1 fully saturated rings. The zero-order valence-electron chi connectivity index (χ0n) is 10.8. The molecule has 0 bridgehead atoms. The van der Waals surface area contributed by atoms with E-state index in [0.717, 1.165) is 0 Å². The fraction of sp³-hybridized carbons (Fsp3) is 1.00. The molecule has 1 heterocycles. The number of hydrogen-bond donors (Lipinski definition) is 2. The Morgan fingerprint density at radius 2 is 2.00 bits per heavy atom. The maximum absolute atomic E-state index is 11.9. The summed E-state index contributed by atoms with van der Waals surface area (Å²) < 4.78 is 38.0. The molecular formula is C10H23N3O4S. The third-order valence-corrected chi connectivity index (χ3v) is 4.42. The van der Waals surface area contributed by atoms with Gasteiger partial charge in [-0.25, -0.2) is 0 Å². The number of nitrogens with one attached hydrogen (secondary N) is 1. The Morgan fingerprint density at radius 3 is 2.56 bits per heavy atom. The lowest BCUT2D eigenvalue weighted by molar-refractivity contribution is 0.0255. The molecule has 0 aromatic rings. The molecule has 0 aromatic carbocycles. The number of nitrogens with zero attached hydrogens (tertiary/aromatic N) is 1. The van der Waals surface area contributed by atoms with Crippen LogP contribution in [-0.2, 0) is 19.7 Å². The van der Waals surface area contributed by atoms with Gasteiger partial charge >= 0.3 is 0 Å². The predicted molar refractivity (Wildman–Crippen MR) is 68.4 cm³/mol. The average molecular weight is 281 g/mol. The van der Waals surface area contributed by atoms with E-state index in [-0.39, 0.29) is 6.10 Å². The van der Waals surface area contributed by atoms with Crippen molar-refractivity contribution in [2.75, 3.05) is 46.5 Å². The van der Waals surface area contributed by atoms with Gasteiger partial charge in [-0.2, -0.15) is 17.4 Å². The molecule has 1 rings (SSSR count). The first-order valence-corrected chi connectivity index (χ1v) is 7.59. The van der Waals surface area contributed by atoms with E-state index in [0.29, 0.717) is 52.2 Å². The van der Waals surface area contributed by atoms with Gasteiger partial charge in [0.15, 0.2) is 0 Å². The van der Waals surface area contributed by atoms with Crippen LogP contribution in [0.25, 0.3) is 0 Å². The third kappa shape index (κ3) is 5.17. The minimum atomic E-state index is -3.38. The highest BCUT2D eigenvalue weighted by Gasteiger charge is 2.27. The van der Waals surface area contributed by atoms with Crippen LogP contribution in [0.1, 0.15) is 12.8 Å². The molecule has 3 N–H and O–H groups in total. The van der Waals surface area contributed by atoms with Crippen LogP contribution in [0.5, 0.6) is 0 Å². The SMILES string of the molecule is COCCNS(=O)(=O)N1CCC(OCCN)CC1. The lowest BCUT2D eigenvalue weighted by Gasteiger charge is -2.31. The van der Waals surface area contributed by atoms with Crippen molar-refractivity contribution in [2.24, 2.45) is 5.73 Å². The van der Waals surface area contributed by atoms with Gasteiger partial charge in [0.2, 0.25) is 0 Å². The van der Waals surface area contributed by atoms with Crippen LogP contribution >= 0.6 is 0 Å². The van der Waals surface area contributed by atoms with Gasteiger partial charge in [-0.1, -0.05) is 0 Å². The Bertz CT molecular complexity index is 315. The Morgan fingerprint density at radius 1 is 1.33 bits per heavy atom. The monoisotopic (exact) mass is 281 g/mol. The molecule has 1 saturated heterocycles. The lowest BCUT2D eigenvalue weighted by atomic mass is 10.1. The molecule has 1 aliphatic rings. The molecule has 0 atom stereocenters. The summed E-state index contributed by atoms with van der Waals surface area (Å²) in [5.74, 6) is 0. The number of nitrogens with two attached hydrogens (primary N) is 1. The minimum Gasteiger partial charge on any atom is -0.383 e. The Labute approximate surface area is 109 Å². The van der Waals surface area contributed by atoms with Gasteiger partial charge < -0.3 is 15.2 Å². The van der Waals surface area contributed by atoms with Crippen molar-refractivity contribution in [1.82, 2.24) is 9.03 Å². The Hall–Kier alpha value is -0.250. The smallest absolute Gasteiger partial charge is 0.279 e. The summed E-state index contributed by atoms with van der Waals surface area (Å²) in [7, 11) is -1.84. The van der Waals surface area contributed by atoms with Gasteiger partial charge in [-0.15, -0.1) is 0 Å². The summed E-state index contributed by atoms with van der Waals surface area (Å²) in [6.45, 7) is 2.66. The molecule has 18 heavy (non-hydrogen) atoms. The van der Waals surface area contributed by atoms with Gasteiger partial charge in [-0.3, -0.25) is 0 Å². The standard InChI is InChI=1S/C10H23N3O4S/c1-16-9-5-12-18(14,15)13-6-2-10(3-7-13)17-8-4-11/h10,12H,2-9,11H2,1H3. The van der Waals surface area contributed by atoms with E-state index in [1.807, 2.05) is 0 Å². The third-order valence-electron chi connectivity index (χ3n) is 2.80. The molecule has 1 aliphatic heterocycles. The summed E-state index contributed by atoms with van der Waals surface area (Å²) in [5.41, 5.74) is 5.36. The highest BCUT2D eigenvalue weighted by molar-refractivity contribution is 7.87. The van der Waals surface area contributed by atoms with Gasteiger partial charge in [0, 0.05) is 33.3 Å². The van der Waals surface area contributed by atoms with Crippen molar-refractivity contribution in [2.45, 2.75) is 18.9 Å². The first kappa shape index (κ1) is 15.8. The highest BCUT2D eigenvalue weighted by Crippen LogP contribution is 2.15. The van der Waals surface area contributed by atoms with Crippen molar-refractivity contribution < 1.29 is 17.9 Å². The molecule has 0 saturated carbocycles. The first-order chi connectivity index (χ1) is 8.60. The molecule has 0 unspecified atom stereocenters. The van der Waals surface area contributed by atoms with E-state index in [1.54, 1.807) is 0 Å². The number of methoxy groups -OCH3 is 1. The van der Waals surface area contributed by atoms with Gasteiger partial charge in [-0.05, 0) is 12.8 Å². The fourth-order valence-corrected chi connectivity index (χ4v) is 3.05. The lowest BCUT2D eigenvalue weighted by Crippen LogP contribution is -2.47. The molecule has 108 valence electrons. The van der Waals surface area contributed by atoms with Crippen LogP contribution in [0.3, 0.4) is 0 Å². The summed E-state index contributed by atoms with van der Waals surface area (Å²) in [6.07, 6.45) is 1.55. The van der Waals surface area contributed by atoms with Crippen LogP contribution in [0, 0.1) is 0 Å². The van der Waals surface area contributed by atoms with E-state index in [2.05, 4.69) is 4.72 Å². The molecule has 0 radical (unpaired) electrons. The van der Waals surface area contributed by atoms with Gasteiger partial charge in [0.05, 0.1) is 19.3 Å². The topological polar surface area (TPSA) is 93.9 Å². The van der Waals surface area contributed by atoms with E-state index in [9.17, 15) is 8.42 Å². The minimum absolute atomic E-state index is 0.124. The molecule has 0 aliphatic carbocycles. The zero-order valence-corrected chi connectivity index (χ0v) is 11.6. The van der Waals surface area contributed by atoms with E-state index in [4.69, 9.17) is 15.2 Å². The van der Waals surface area contributed by atoms with Gasteiger partial charge in [0.25, 0.3) is 10.2 Å².